The number of hydrogen-bond acceptors (Lipinski definition) is 6. The molecule has 0 fully saturated rings. The molecule has 0 bridgehead atoms. The van der Waals surface area contributed by atoms with Crippen LogP contribution in [-0.2, 0) is 6.54 Å². The molecule has 112 valence electrons. The van der Waals surface area contributed by atoms with Crippen LogP contribution in [0.4, 0.5) is 11.5 Å². The maximum absolute atomic E-state index is 5.84. The van der Waals surface area contributed by atoms with E-state index in [4.69, 9.17) is 15.2 Å². The highest BCUT2D eigenvalue weighted by atomic mass is 16.5. The molecule has 0 aliphatic heterocycles. The van der Waals surface area contributed by atoms with Gasteiger partial charge in [-0.3, -0.25) is 0 Å². The Bertz CT molecular complexity index is 602. The Morgan fingerprint density at radius 2 is 2.10 bits per heavy atom. The molecule has 0 amide bonds. The van der Waals surface area contributed by atoms with Crippen LogP contribution in [0.5, 0.6) is 11.8 Å². The lowest BCUT2D eigenvalue weighted by Gasteiger charge is -2.13. The number of nitrogens with two attached hydrogens (primary N) is 1. The summed E-state index contributed by atoms with van der Waals surface area (Å²) in [5.74, 6) is 1.74. The van der Waals surface area contributed by atoms with Crippen molar-refractivity contribution in [3.05, 3.63) is 36.0 Å². The van der Waals surface area contributed by atoms with Crippen LogP contribution >= 0.6 is 0 Å². The quantitative estimate of drug-likeness (QED) is 0.849. The molecule has 2 heterocycles. The summed E-state index contributed by atoms with van der Waals surface area (Å²) in [6.45, 7) is 4.48. The lowest BCUT2D eigenvalue weighted by Crippen LogP contribution is -2.10. The van der Waals surface area contributed by atoms with Gasteiger partial charge in [-0.1, -0.05) is 0 Å². The first kappa shape index (κ1) is 14.9. The molecule has 0 atom stereocenters. The number of aromatic nitrogens is 2. The standard InChI is InChI=1S/C15H20N4O2/c1-10(2)21-15-12(16)4-5-13(19-15)18-9-11-6-7-17-14(8-11)20-3/h4-8,10H,9,16H2,1-3H3,(H,18,19). The zero-order valence-electron chi connectivity index (χ0n) is 12.5. The molecule has 0 aliphatic rings. The van der Waals surface area contributed by atoms with Crippen molar-refractivity contribution in [3.63, 3.8) is 0 Å². The van der Waals surface area contributed by atoms with Crippen LogP contribution in [0.3, 0.4) is 0 Å². The van der Waals surface area contributed by atoms with Crippen LogP contribution < -0.4 is 20.5 Å². The largest absolute Gasteiger partial charge is 0.481 e. The summed E-state index contributed by atoms with van der Waals surface area (Å²) in [5, 5.41) is 3.22. The van der Waals surface area contributed by atoms with Gasteiger partial charge in [0.2, 0.25) is 11.8 Å². The van der Waals surface area contributed by atoms with E-state index in [1.807, 2.05) is 32.0 Å². The number of rotatable bonds is 6. The van der Waals surface area contributed by atoms with Gasteiger partial charge in [-0.05, 0) is 37.6 Å². The number of methoxy groups -OCH3 is 1. The Labute approximate surface area is 124 Å². The molecule has 2 aromatic rings. The Morgan fingerprint density at radius 1 is 1.29 bits per heavy atom. The van der Waals surface area contributed by atoms with E-state index >= 15 is 0 Å². The molecule has 0 saturated heterocycles. The fourth-order valence-corrected chi connectivity index (χ4v) is 1.73. The summed E-state index contributed by atoms with van der Waals surface area (Å²) >= 11 is 0. The van der Waals surface area contributed by atoms with Gasteiger partial charge >= 0.3 is 0 Å². The molecule has 6 heteroatoms. The van der Waals surface area contributed by atoms with Crippen molar-refractivity contribution >= 4 is 11.5 Å². The third kappa shape index (κ3) is 4.24. The Balaban J connectivity index is 2.05. The van der Waals surface area contributed by atoms with Gasteiger partial charge < -0.3 is 20.5 Å². The second kappa shape index (κ2) is 6.78. The summed E-state index contributed by atoms with van der Waals surface area (Å²) < 4.78 is 10.7. The van der Waals surface area contributed by atoms with Gasteiger partial charge in [-0.25, -0.2) is 4.98 Å². The van der Waals surface area contributed by atoms with Gasteiger partial charge in [0.05, 0.1) is 18.9 Å². The van der Waals surface area contributed by atoms with Crippen LogP contribution in [0.1, 0.15) is 19.4 Å². The third-order valence-electron chi connectivity index (χ3n) is 2.72. The maximum atomic E-state index is 5.84. The first-order valence-electron chi connectivity index (χ1n) is 6.74. The second-order valence-corrected chi connectivity index (χ2v) is 4.82. The number of nitrogen functional groups attached to an aromatic ring is 1. The lowest BCUT2D eigenvalue weighted by atomic mass is 10.2. The molecule has 21 heavy (non-hydrogen) atoms. The van der Waals surface area contributed by atoms with Gasteiger partial charge in [0.25, 0.3) is 0 Å². The molecule has 0 saturated carbocycles. The lowest BCUT2D eigenvalue weighted by molar-refractivity contribution is 0.234. The monoisotopic (exact) mass is 288 g/mol. The highest BCUT2D eigenvalue weighted by Crippen LogP contribution is 2.22. The topological polar surface area (TPSA) is 82.3 Å². The zero-order chi connectivity index (χ0) is 15.2. The van der Waals surface area contributed by atoms with Gasteiger partial charge in [0.15, 0.2) is 0 Å². The molecule has 3 N–H and O–H groups in total. The fourth-order valence-electron chi connectivity index (χ4n) is 1.73. The minimum Gasteiger partial charge on any atom is -0.481 e. The molecule has 0 radical (unpaired) electrons. The molecule has 0 aromatic carbocycles. The molecule has 6 nitrogen and oxygen atoms in total. The van der Waals surface area contributed by atoms with Crippen LogP contribution in [0.25, 0.3) is 0 Å². The minimum atomic E-state index is 0.0273. The average molecular weight is 288 g/mol. The van der Waals surface area contributed by atoms with Crippen LogP contribution in [0.2, 0.25) is 0 Å². The Kier molecular flexibility index (Phi) is 4.81. The number of anilines is 2. The van der Waals surface area contributed by atoms with Crippen LogP contribution in [-0.4, -0.2) is 23.2 Å². The summed E-state index contributed by atoms with van der Waals surface area (Å²) in [7, 11) is 1.59. The van der Waals surface area contributed by atoms with E-state index < -0.39 is 0 Å². The van der Waals surface area contributed by atoms with Gasteiger partial charge in [0, 0.05) is 18.8 Å². The van der Waals surface area contributed by atoms with Crippen LogP contribution in [0, 0.1) is 0 Å². The zero-order valence-corrected chi connectivity index (χ0v) is 12.5. The maximum Gasteiger partial charge on any atom is 0.239 e. The highest BCUT2D eigenvalue weighted by molar-refractivity contribution is 5.53. The van der Waals surface area contributed by atoms with E-state index in [2.05, 4.69) is 15.3 Å². The van der Waals surface area contributed by atoms with E-state index in [0.29, 0.717) is 29.8 Å². The number of pyridine rings is 2. The predicted octanol–water partition coefficient (Wildman–Crippen LogP) is 2.47. The van der Waals surface area contributed by atoms with E-state index in [0.717, 1.165) is 5.56 Å². The van der Waals surface area contributed by atoms with E-state index in [1.54, 1.807) is 19.4 Å². The molecule has 0 spiro atoms. The molecule has 2 rings (SSSR count). The number of hydrogen-bond donors (Lipinski definition) is 2. The van der Waals surface area contributed by atoms with Crippen molar-refractivity contribution in [1.82, 2.24) is 9.97 Å². The summed E-state index contributed by atoms with van der Waals surface area (Å²) in [6, 6.07) is 7.38. The molecule has 0 aliphatic carbocycles. The van der Waals surface area contributed by atoms with Crippen molar-refractivity contribution in [2.75, 3.05) is 18.2 Å². The predicted molar refractivity (Wildman–Crippen MR) is 82.5 cm³/mol. The van der Waals surface area contributed by atoms with Crippen molar-refractivity contribution in [2.24, 2.45) is 0 Å². The minimum absolute atomic E-state index is 0.0273. The van der Waals surface area contributed by atoms with Crippen molar-refractivity contribution in [1.29, 1.82) is 0 Å². The second-order valence-electron chi connectivity index (χ2n) is 4.82. The molecular formula is C15H20N4O2. The number of nitrogens with zero attached hydrogens (tertiary/aromatic N) is 2. The molecule has 2 aromatic heterocycles. The van der Waals surface area contributed by atoms with Gasteiger partial charge in [0.1, 0.15) is 5.82 Å². The average Bonchev–Trinajstić information content (AvgIpc) is 2.48. The first-order chi connectivity index (χ1) is 10.1. The summed E-state index contributed by atoms with van der Waals surface area (Å²) in [6.07, 6.45) is 1.74. The Hall–Kier alpha value is -2.50. The fraction of sp³-hybridized carbons (Fsp3) is 0.333. The van der Waals surface area contributed by atoms with E-state index in [1.165, 1.54) is 0 Å². The Morgan fingerprint density at radius 3 is 2.81 bits per heavy atom. The SMILES string of the molecule is COc1cc(CNc2ccc(N)c(OC(C)C)n2)ccn1. The number of nitrogens with one attached hydrogen (secondary N) is 1. The summed E-state index contributed by atoms with van der Waals surface area (Å²) in [4.78, 5) is 8.43. The van der Waals surface area contributed by atoms with Crippen molar-refractivity contribution < 1.29 is 9.47 Å². The smallest absolute Gasteiger partial charge is 0.239 e. The highest BCUT2D eigenvalue weighted by Gasteiger charge is 2.06. The van der Waals surface area contributed by atoms with Gasteiger partial charge in [-0.15, -0.1) is 0 Å². The third-order valence-corrected chi connectivity index (χ3v) is 2.72. The van der Waals surface area contributed by atoms with Crippen molar-refractivity contribution in [3.8, 4) is 11.8 Å². The van der Waals surface area contributed by atoms with Crippen LogP contribution in [0.15, 0.2) is 30.5 Å². The van der Waals surface area contributed by atoms with E-state index in [-0.39, 0.29) is 6.10 Å². The van der Waals surface area contributed by atoms with Gasteiger partial charge in [-0.2, -0.15) is 4.98 Å². The molecular weight excluding hydrogens is 268 g/mol. The number of ether oxygens (including phenoxy) is 2. The first-order valence-corrected chi connectivity index (χ1v) is 6.74. The normalized spacial score (nSPS) is 10.5. The van der Waals surface area contributed by atoms with E-state index in [9.17, 15) is 0 Å². The summed E-state index contributed by atoms with van der Waals surface area (Å²) in [5.41, 5.74) is 7.42. The molecule has 0 unspecified atom stereocenters. The van der Waals surface area contributed by atoms with Crippen molar-refractivity contribution in [2.45, 2.75) is 26.5 Å².